The monoisotopic (exact) mass is 455 g/mol. The van der Waals surface area contributed by atoms with Crippen molar-refractivity contribution < 1.29 is 9.53 Å². The third-order valence-corrected chi connectivity index (χ3v) is 8.15. The van der Waals surface area contributed by atoms with E-state index >= 15 is 0 Å². The molecule has 1 aromatic rings. The fraction of sp³-hybridized carbons (Fsp3) is 0.769. The van der Waals surface area contributed by atoms with Gasteiger partial charge in [0.25, 0.3) is 0 Å². The molecular formula is C26H41N5O2. The number of urea groups is 1. The van der Waals surface area contributed by atoms with Crippen molar-refractivity contribution in [2.24, 2.45) is 0 Å². The molecule has 0 bridgehead atoms. The number of ether oxygens (including phenoxy) is 1. The SMILES string of the molecule is CC1CN(c2ccc(OC3CCCC3)nc2)C(=O)N1C1CCC(NCCN2CCCC2)CC1. The Kier molecular flexibility index (Phi) is 7.36. The molecule has 33 heavy (non-hydrogen) atoms. The van der Waals surface area contributed by atoms with Crippen molar-refractivity contribution in [3.63, 3.8) is 0 Å². The Balaban J connectivity index is 1.10. The number of aromatic nitrogens is 1. The van der Waals surface area contributed by atoms with E-state index in [1.165, 1.54) is 45.3 Å². The molecule has 2 amide bonds. The van der Waals surface area contributed by atoms with E-state index in [0.29, 0.717) is 24.1 Å². The number of rotatable bonds is 8. The van der Waals surface area contributed by atoms with Crippen LogP contribution >= 0.6 is 0 Å². The van der Waals surface area contributed by atoms with Gasteiger partial charge in [0.1, 0.15) is 6.10 Å². The van der Waals surface area contributed by atoms with Gasteiger partial charge in [-0.1, -0.05) is 0 Å². The van der Waals surface area contributed by atoms with E-state index in [0.717, 1.165) is 57.3 Å². The molecule has 3 heterocycles. The average Bonchev–Trinajstić information content (AvgIpc) is 3.58. The van der Waals surface area contributed by atoms with Crippen LogP contribution in [0.15, 0.2) is 18.3 Å². The summed E-state index contributed by atoms with van der Waals surface area (Å²) in [5.41, 5.74) is 0.880. The molecule has 1 atom stereocenters. The smallest absolute Gasteiger partial charge is 0.325 e. The minimum Gasteiger partial charge on any atom is -0.474 e. The normalized spacial score (nSPS) is 29.4. The van der Waals surface area contributed by atoms with Crippen LogP contribution in [-0.4, -0.2) is 77.8 Å². The zero-order valence-electron chi connectivity index (χ0n) is 20.3. The molecule has 4 fully saturated rings. The molecule has 2 aliphatic heterocycles. The van der Waals surface area contributed by atoms with E-state index < -0.39 is 0 Å². The van der Waals surface area contributed by atoms with Crippen LogP contribution in [-0.2, 0) is 0 Å². The number of amides is 2. The fourth-order valence-electron chi connectivity index (χ4n) is 6.26. The van der Waals surface area contributed by atoms with Gasteiger partial charge in [0.2, 0.25) is 5.88 Å². The second kappa shape index (κ2) is 10.6. The summed E-state index contributed by atoms with van der Waals surface area (Å²) in [6.07, 6.45) is 14.1. The largest absolute Gasteiger partial charge is 0.474 e. The molecule has 0 spiro atoms. The van der Waals surface area contributed by atoms with E-state index in [1.54, 1.807) is 6.20 Å². The molecule has 0 radical (unpaired) electrons. The first-order chi connectivity index (χ1) is 16.2. The lowest BCUT2D eigenvalue weighted by atomic mass is 9.90. The molecule has 5 rings (SSSR count). The van der Waals surface area contributed by atoms with Gasteiger partial charge in [0, 0.05) is 43.8 Å². The number of nitrogens with one attached hydrogen (secondary N) is 1. The summed E-state index contributed by atoms with van der Waals surface area (Å²) in [5, 5.41) is 3.77. The predicted molar refractivity (Wildman–Crippen MR) is 131 cm³/mol. The van der Waals surface area contributed by atoms with Crippen molar-refractivity contribution in [3.05, 3.63) is 18.3 Å². The van der Waals surface area contributed by atoms with Crippen LogP contribution in [0, 0.1) is 0 Å². The number of likely N-dealkylation sites (tertiary alicyclic amines) is 1. The number of carbonyl (C=O) groups excluding carboxylic acids is 1. The first kappa shape index (κ1) is 22.9. The average molecular weight is 456 g/mol. The summed E-state index contributed by atoms with van der Waals surface area (Å²) in [7, 11) is 0. The van der Waals surface area contributed by atoms with Crippen LogP contribution in [0.5, 0.6) is 5.88 Å². The summed E-state index contributed by atoms with van der Waals surface area (Å²) in [5.74, 6) is 0.678. The molecule has 2 saturated heterocycles. The number of pyridine rings is 1. The maximum atomic E-state index is 13.4. The van der Waals surface area contributed by atoms with E-state index in [-0.39, 0.29) is 12.1 Å². The van der Waals surface area contributed by atoms with Gasteiger partial charge in [-0.15, -0.1) is 0 Å². The van der Waals surface area contributed by atoms with Crippen LogP contribution < -0.4 is 15.0 Å². The van der Waals surface area contributed by atoms with Crippen molar-refractivity contribution in [1.29, 1.82) is 0 Å². The van der Waals surface area contributed by atoms with Gasteiger partial charge < -0.3 is 19.9 Å². The van der Waals surface area contributed by atoms with Crippen LogP contribution in [0.1, 0.15) is 71.1 Å². The molecule has 4 aliphatic rings. The van der Waals surface area contributed by atoms with E-state index in [4.69, 9.17) is 4.74 Å². The van der Waals surface area contributed by atoms with Gasteiger partial charge in [0.05, 0.1) is 11.9 Å². The quantitative estimate of drug-likeness (QED) is 0.641. The molecule has 182 valence electrons. The zero-order valence-corrected chi connectivity index (χ0v) is 20.3. The maximum Gasteiger partial charge on any atom is 0.325 e. The highest BCUT2D eigenvalue weighted by Crippen LogP contribution is 2.32. The van der Waals surface area contributed by atoms with E-state index in [9.17, 15) is 4.79 Å². The number of hydrogen-bond donors (Lipinski definition) is 1. The fourth-order valence-corrected chi connectivity index (χ4v) is 6.26. The zero-order chi connectivity index (χ0) is 22.6. The lowest BCUT2D eigenvalue weighted by Crippen LogP contribution is -2.47. The Hall–Kier alpha value is -1.86. The predicted octanol–water partition coefficient (Wildman–Crippen LogP) is 4.03. The van der Waals surface area contributed by atoms with Gasteiger partial charge in [-0.3, -0.25) is 4.90 Å². The van der Waals surface area contributed by atoms with Crippen LogP contribution in [0.2, 0.25) is 0 Å². The summed E-state index contributed by atoms with van der Waals surface area (Å²) in [6, 6.07) is 5.24. The number of carbonyl (C=O) groups is 1. The second-order valence-electron chi connectivity index (χ2n) is 10.5. The topological polar surface area (TPSA) is 60.9 Å². The van der Waals surface area contributed by atoms with Crippen molar-refractivity contribution in [3.8, 4) is 5.88 Å². The van der Waals surface area contributed by atoms with Crippen molar-refractivity contribution in [2.45, 2.75) is 95.4 Å². The molecule has 1 aromatic heterocycles. The molecule has 0 aromatic carbocycles. The Morgan fingerprint density at radius 2 is 1.79 bits per heavy atom. The lowest BCUT2D eigenvalue weighted by molar-refractivity contribution is 0.149. The van der Waals surface area contributed by atoms with Crippen LogP contribution in [0.3, 0.4) is 0 Å². The molecule has 7 heteroatoms. The Labute approximate surface area is 198 Å². The number of nitrogens with zero attached hydrogens (tertiary/aromatic N) is 4. The molecule has 1 N–H and O–H groups in total. The minimum absolute atomic E-state index is 0.138. The summed E-state index contributed by atoms with van der Waals surface area (Å²) >= 11 is 0. The molecule has 2 aliphatic carbocycles. The van der Waals surface area contributed by atoms with Gasteiger partial charge in [-0.05, 0) is 90.3 Å². The first-order valence-electron chi connectivity index (χ1n) is 13.4. The van der Waals surface area contributed by atoms with Gasteiger partial charge in [-0.2, -0.15) is 0 Å². The van der Waals surface area contributed by atoms with Crippen molar-refractivity contribution in [1.82, 2.24) is 20.1 Å². The van der Waals surface area contributed by atoms with Gasteiger partial charge in [0.15, 0.2) is 0 Å². The lowest BCUT2D eigenvalue weighted by Gasteiger charge is -2.36. The highest BCUT2D eigenvalue weighted by atomic mass is 16.5. The Bertz CT molecular complexity index is 767. The minimum atomic E-state index is 0.138. The highest BCUT2D eigenvalue weighted by Gasteiger charge is 2.40. The van der Waals surface area contributed by atoms with Crippen LogP contribution in [0.25, 0.3) is 0 Å². The van der Waals surface area contributed by atoms with Crippen molar-refractivity contribution in [2.75, 3.05) is 37.6 Å². The van der Waals surface area contributed by atoms with Gasteiger partial charge in [-0.25, -0.2) is 9.78 Å². The highest BCUT2D eigenvalue weighted by molar-refractivity contribution is 5.94. The Morgan fingerprint density at radius 3 is 2.48 bits per heavy atom. The standard InChI is InChI=1S/C26H41N5O2/c1-20-19-30(23-12-13-25(28-18-23)33-24-6-2-3-7-24)26(32)31(20)22-10-8-21(9-11-22)27-14-17-29-15-4-5-16-29/h12-13,18,20-22,24,27H,2-11,14-17,19H2,1H3. The third kappa shape index (κ3) is 5.46. The Morgan fingerprint density at radius 1 is 1.03 bits per heavy atom. The molecule has 2 saturated carbocycles. The number of hydrogen-bond acceptors (Lipinski definition) is 5. The summed E-state index contributed by atoms with van der Waals surface area (Å²) in [6.45, 7) is 7.72. The van der Waals surface area contributed by atoms with E-state index in [1.807, 2.05) is 17.0 Å². The molecule has 1 unspecified atom stereocenters. The van der Waals surface area contributed by atoms with Crippen molar-refractivity contribution >= 4 is 11.7 Å². The second-order valence-corrected chi connectivity index (χ2v) is 10.5. The maximum absolute atomic E-state index is 13.4. The summed E-state index contributed by atoms with van der Waals surface area (Å²) in [4.78, 5) is 24.5. The molecular weight excluding hydrogens is 414 g/mol. The van der Waals surface area contributed by atoms with E-state index in [2.05, 4.69) is 27.0 Å². The third-order valence-electron chi connectivity index (χ3n) is 8.15. The molecule has 7 nitrogen and oxygen atoms in total. The first-order valence-corrected chi connectivity index (χ1v) is 13.4. The number of anilines is 1. The van der Waals surface area contributed by atoms with Crippen LogP contribution in [0.4, 0.5) is 10.5 Å². The van der Waals surface area contributed by atoms with Gasteiger partial charge >= 0.3 is 6.03 Å². The summed E-state index contributed by atoms with van der Waals surface area (Å²) < 4.78 is 5.99.